The van der Waals surface area contributed by atoms with Crippen molar-refractivity contribution < 1.29 is 4.79 Å². The molecule has 0 spiro atoms. The van der Waals surface area contributed by atoms with E-state index in [0.717, 1.165) is 11.1 Å². The first-order valence-corrected chi connectivity index (χ1v) is 9.40. The van der Waals surface area contributed by atoms with E-state index in [4.69, 9.17) is 0 Å². The van der Waals surface area contributed by atoms with Crippen LogP contribution in [0.25, 0.3) is 17.2 Å². The van der Waals surface area contributed by atoms with Gasteiger partial charge in [0.05, 0.1) is 0 Å². The average Bonchev–Trinajstić information content (AvgIpc) is 2.73. The lowest BCUT2D eigenvalue weighted by molar-refractivity contribution is 0.0956. The molecule has 3 aromatic rings. The van der Waals surface area contributed by atoms with Gasteiger partial charge in [0.2, 0.25) is 0 Å². The SMILES string of the molecule is CCNC(=O)c1ccc(C#C/C=C/c2ccccc2-c2ccc(C)cc2)cc1. The van der Waals surface area contributed by atoms with Crippen LogP contribution in [0.2, 0.25) is 0 Å². The molecule has 0 unspecified atom stereocenters. The van der Waals surface area contributed by atoms with Crippen LogP contribution in [0.4, 0.5) is 0 Å². The van der Waals surface area contributed by atoms with E-state index < -0.39 is 0 Å². The Hall–Kier alpha value is -3.57. The Kier molecular flexibility index (Phi) is 6.44. The fraction of sp³-hybridized carbons (Fsp3) is 0.115. The normalized spacial score (nSPS) is 10.4. The van der Waals surface area contributed by atoms with Gasteiger partial charge in [0.25, 0.3) is 5.91 Å². The first kappa shape index (κ1) is 19.2. The van der Waals surface area contributed by atoms with Crippen molar-refractivity contribution in [1.29, 1.82) is 0 Å². The fourth-order valence-electron chi connectivity index (χ4n) is 2.86. The molecule has 0 aliphatic carbocycles. The van der Waals surface area contributed by atoms with E-state index in [-0.39, 0.29) is 5.91 Å². The molecule has 0 atom stereocenters. The van der Waals surface area contributed by atoms with Crippen LogP contribution >= 0.6 is 0 Å². The third-order valence-electron chi connectivity index (χ3n) is 4.37. The molecule has 0 aliphatic heterocycles. The molecule has 0 saturated heterocycles. The van der Waals surface area contributed by atoms with Gasteiger partial charge in [-0.1, -0.05) is 65.9 Å². The lowest BCUT2D eigenvalue weighted by Crippen LogP contribution is -2.22. The summed E-state index contributed by atoms with van der Waals surface area (Å²) in [4.78, 5) is 11.8. The maximum Gasteiger partial charge on any atom is 0.251 e. The number of nitrogens with one attached hydrogen (secondary N) is 1. The van der Waals surface area contributed by atoms with Crippen LogP contribution in [-0.2, 0) is 0 Å². The molecule has 0 bridgehead atoms. The van der Waals surface area contributed by atoms with Crippen LogP contribution in [0, 0.1) is 18.8 Å². The highest BCUT2D eigenvalue weighted by molar-refractivity contribution is 5.94. The molecule has 3 aromatic carbocycles. The zero-order valence-corrected chi connectivity index (χ0v) is 16.2. The number of carbonyl (C=O) groups is 1. The zero-order valence-electron chi connectivity index (χ0n) is 16.2. The zero-order chi connectivity index (χ0) is 19.8. The van der Waals surface area contributed by atoms with Crippen LogP contribution in [0.5, 0.6) is 0 Å². The highest BCUT2D eigenvalue weighted by Crippen LogP contribution is 2.24. The smallest absolute Gasteiger partial charge is 0.251 e. The van der Waals surface area contributed by atoms with Crippen molar-refractivity contribution in [2.45, 2.75) is 13.8 Å². The Morgan fingerprint density at radius 2 is 1.68 bits per heavy atom. The highest BCUT2D eigenvalue weighted by Gasteiger charge is 2.03. The van der Waals surface area contributed by atoms with Crippen molar-refractivity contribution in [2.24, 2.45) is 0 Å². The second-order valence-corrected chi connectivity index (χ2v) is 6.49. The van der Waals surface area contributed by atoms with Crippen molar-refractivity contribution in [3.8, 4) is 23.0 Å². The first-order valence-electron chi connectivity index (χ1n) is 9.40. The van der Waals surface area contributed by atoms with Crippen molar-refractivity contribution in [3.63, 3.8) is 0 Å². The van der Waals surface area contributed by atoms with Crippen LogP contribution < -0.4 is 5.32 Å². The van der Waals surface area contributed by atoms with Crippen molar-refractivity contribution in [1.82, 2.24) is 5.32 Å². The number of amides is 1. The summed E-state index contributed by atoms with van der Waals surface area (Å²) in [6, 6.07) is 24.2. The molecule has 1 N–H and O–H groups in total. The molecule has 2 heteroatoms. The van der Waals surface area contributed by atoms with Crippen LogP contribution in [0.15, 0.2) is 78.9 Å². The standard InChI is InChI=1S/C26H23NO/c1-3-27-26(28)24-18-14-21(15-19-24)8-4-5-9-22-10-6-7-11-25(22)23-16-12-20(2)13-17-23/h5-7,9-19H,3H2,1-2H3,(H,27,28)/b9-5+. The molecular weight excluding hydrogens is 342 g/mol. The molecule has 0 aliphatic rings. The van der Waals surface area contributed by atoms with Crippen LogP contribution in [0.3, 0.4) is 0 Å². The van der Waals surface area contributed by atoms with Gasteiger partial charge in [-0.05, 0) is 67.0 Å². The molecule has 0 fully saturated rings. The molecule has 0 radical (unpaired) electrons. The summed E-state index contributed by atoms with van der Waals surface area (Å²) in [5.41, 5.74) is 6.29. The maximum absolute atomic E-state index is 11.8. The van der Waals surface area contributed by atoms with Crippen molar-refractivity contribution in [3.05, 3.63) is 101 Å². The van der Waals surface area contributed by atoms with E-state index >= 15 is 0 Å². The summed E-state index contributed by atoms with van der Waals surface area (Å²) in [6.45, 7) is 4.62. The Morgan fingerprint density at radius 1 is 0.964 bits per heavy atom. The number of benzene rings is 3. The van der Waals surface area contributed by atoms with Crippen molar-refractivity contribution in [2.75, 3.05) is 6.54 Å². The summed E-state index contributed by atoms with van der Waals surface area (Å²) < 4.78 is 0. The molecule has 2 nitrogen and oxygen atoms in total. The molecule has 0 heterocycles. The Balaban J connectivity index is 1.74. The first-order chi connectivity index (χ1) is 13.7. The molecule has 3 rings (SSSR count). The maximum atomic E-state index is 11.8. The van der Waals surface area contributed by atoms with Crippen LogP contribution in [-0.4, -0.2) is 12.5 Å². The number of rotatable bonds is 4. The monoisotopic (exact) mass is 365 g/mol. The number of aryl methyl sites for hydroxylation is 1. The van der Waals surface area contributed by atoms with E-state index in [2.05, 4.69) is 66.5 Å². The van der Waals surface area contributed by atoms with E-state index in [9.17, 15) is 4.79 Å². The van der Waals surface area contributed by atoms with Gasteiger partial charge in [0.1, 0.15) is 0 Å². The molecule has 28 heavy (non-hydrogen) atoms. The van der Waals surface area contributed by atoms with Gasteiger partial charge in [-0.25, -0.2) is 0 Å². The molecular formula is C26H23NO. The van der Waals surface area contributed by atoms with Gasteiger partial charge < -0.3 is 5.32 Å². The average molecular weight is 365 g/mol. The van der Waals surface area contributed by atoms with Gasteiger partial charge in [-0.2, -0.15) is 0 Å². The lowest BCUT2D eigenvalue weighted by Gasteiger charge is -2.06. The molecule has 1 amide bonds. The van der Waals surface area contributed by atoms with Crippen molar-refractivity contribution >= 4 is 12.0 Å². The summed E-state index contributed by atoms with van der Waals surface area (Å²) in [5.74, 6) is 6.13. The quantitative estimate of drug-likeness (QED) is 0.610. The third-order valence-corrected chi connectivity index (χ3v) is 4.37. The van der Waals surface area contributed by atoms with Gasteiger partial charge in [0.15, 0.2) is 0 Å². The van der Waals surface area contributed by atoms with Gasteiger partial charge in [-0.3, -0.25) is 4.79 Å². The minimum absolute atomic E-state index is 0.0605. The second-order valence-electron chi connectivity index (χ2n) is 6.49. The van der Waals surface area contributed by atoms with E-state index in [1.54, 1.807) is 12.1 Å². The summed E-state index contributed by atoms with van der Waals surface area (Å²) in [5, 5.41) is 2.79. The summed E-state index contributed by atoms with van der Waals surface area (Å²) in [6.07, 6.45) is 3.90. The highest BCUT2D eigenvalue weighted by atomic mass is 16.1. The van der Waals surface area contributed by atoms with Gasteiger partial charge in [0, 0.05) is 17.7 Å². The Bertz CT molecular complexity index is 1030. The predicted molar refractivity (Wildman–Crippen MR) is 117 cm³/mol. The van der Waals surface area contributed by atoms with Gasteiger partial charge in [-0.15, -0.1) is 0 Å². The van der Waals surface area contributed by atoms with E-state index in [1.807, 2.05) is 37.3 Å². The molecule has 138 valence electrons. The largest absolute Gasteiger partial charge is 0.352 e. The van der Waals surface area contributed by atoms with Crippen LogP contribution in [0.1, 0.15) is 34.0 Å². The number of allylic oxidation sites excluding steroid dienone is 1. The molecule has 0 aromatic heterocycles. The Labute approximate surface area is 166 Å². The second kappa shape index (κ2) is 9.39. The number of carbonyl (C=O) groups excluding carboxylic acids is 1. The third kappa shape index (κ3) is 4.99. The van der Waals surface area contributed by atoms with Gasteiger partial charge >= 0.3 is 0 Å². The predicted octanol–water partition coefficient (Wildman–Crippen LogP) is 5.48. The van der Waals surface area contributed by atoms with E-state index in [1.165, 1.54) is 16.7 Å². The lowest BCUT2D eigenvalue weighted by atomic mass is 9.98. The number of hydrogen-bond donors (Lipinski definition) is 1. The van der Waals surface area contributed by atoms with E-state index in [0.29, 0.717) is 12.1 Å². The number of hydrogen-bond acceptors (Lipinski definition) is 1. The molecule has 0 saturated carbocycles. The Morgan fingerprint density at radius 3 is 2.39 bits per heavy atom. The fourth-order valence-corrected chi connectivity index (χ4v) is 2.86. The minimum Gasteiger partial charge on any atom is -0.352 e. The summed E-state index contributed by atoms with van der Waals surface area (Å²) >= 11 is 0. The minimum atomic E-state index is -0.0605. The summed E-state index contributed by atoms with van der Waals surface area (Å²) in [7, 11) is 0. The topological polar surface area (TPSA) is 29.1 Å².